The second-order valence-electron chi connectivity index (χ2n) is 8.01. The van der Waals surface area contributed by atoms with Crippen molar-refractivity contribution in [3.05, 3.63) is 88.4 Å². The molecule has 34 heavy (non-hydrogen) atoms. The zero-order chi connectivity index (χ0) is 23.9. The molecule has 0 saturated carbocycles. The van der Waals surface area contributed by atoms with Gasteiger partial charge in [0.2, 0.25) is 23.5 Å². The smallest absolute Gasteiger partial charge is 0.227 e. The fourth-order valence-corrected chi connectivity index (χ4v) is 4.34. The Kier molecular flexibility index (Phi) is 7.49. The van der Waals surface area contributed by atoms with Gasteiger partial charge in [-0.25, -0.2) is 0 Å². The summed E-state index contributed by atoms with van der Waals surface area (Å²) in [6, 6.07) is 19.2. The van der Waals surface area contributed by atoms with Gasteiger partial charge in [0.25, 0.3) is 0 Å². The SMILES string of the molecule is CC(=O)Nc1cccc(C(C)N(Cc2ccccc2)C(=O)CCc2nc(-c3ccsc3)no2)c1. The number of anilines is 1. The van der Waals surface area contributed by atoms with Gasteiger partial charge in [-0.05, 0) is 41.6 Å². The molecule has 174 valence electrons. The number of aromatic nitrogens is 2. The molecular weight excluding hydrogens is 448 g/mol. The van der Waals surface area contributed by atoms with Crippen molar-refractivity contribution in [3.63, 3.8) is 0 Å². The van der Waals surface area contributed by atoms with E-state index in [2.05, 4.69) is 15.5 Å². The standard InChI is InChI=1S/C26H26N4O3S/c1-18(21-9-6-10-23(15-21)27-19(2)31)30(16-20-7-4-3-5-8-20)25(32)12-11-24-28-26(29-33-24)22-13-14-34-17-22/h3-10,13-15,17-18H,11-12,16H2,1-2H3,(H,27,31). The van der Waals surface area contributed by atoms with E-state index in [-0.39, 0.29) is 24.3 Å². The number of hydrogen-bond acceptors (Lipinski definition) is 6. The van der Waals surface area contributed by atoms with Gasteiger partial charge in [-0.3, -0.25) is 9.59 Å². The van der Waals surface area contributed by atoms with Gasteiger partial charge in [0.15, 0.2) is 0 Å². The van der Waals surface area contributed by atoms with Crippen LogP contribution in [0.25, 0.3) is 11.4 Å². The minimum atomic E-state index is -0.203. The Bertz CT molecular complexity index is 1240. The summed E-state index contributed by atoms with van der Waals surface area (Å²) in [7, 11) is 0. The van der Waals surface area contributed by atoms with Gasteiger partial charge in [0, 0.05) is 42.9 Å². The molecule has 7 nitrogen and oxygen atoms in total. The molecule has 0 bridgehead atoms. The first-order valence-corrected chi connectivity index (χ1v) is 12.0. The summed E-state index contributed by atoms with van der Waals surface area (Å²) in [5, 5.41) is 10.7. The highest BCUT2D eigenvalue weighted by Crippen LogP contribution is 2.26. The minimum Gasteiger partial charge on any atom is -0.339 e. The number of carbonyl (C=O) groups is 2. The van der Waals surface area contributed by atoms with Gasteiger partial charge in [-0.1, -0.05) is 47.6 Å². The molecule has 0 saturated heterocycles. The van der Waals surface area contributed by atoms with Crippen LogP contribution in [0, 0.1) is 0 Å². The highest BCUT2D eigenvalue weighted by Gasteiger charge is 2.23. The van der Waals surface area contributed by atoms with E-state index in [0.29, 0.717) is 30.4 Å². The second-order valence-corrected chi connectivity index (χ2v) is 8.79. The summed E-state index contributed by atoms with van der Waals surface area (Å²) in [5.74, 6) is 0.822. The predicted molar refractivity (Wildman–Crippen MR) is 132 cm³/mol. The Balaban J connectivity index is 1.51. The maximum Gasteiger partial charge on any atom is 0.227 e. The van der Waals surface area contributed by atoms with E-state index in [4.69, 9.17) is 4.52 Å². The van der Waals surface area contributed by atoms with Crippen LogP contribution in [0.4, 0.5) is 5.69 Å². The van der Waals surface area contributed by atoms with Gasteiger partial charge < -0.3 is 14.7 Å². The molecule has 0 aliphatic carbocycles. The van der Waals surface area contributed by atoms with Crippen molar-refractivity contribution in [1.29, 1.82) is 0 Å². The molecule has 2 amide bonds. The Morgan fingerprint density at radius 2 is 1.94 bits per heavy atom. The number of rotatable bonds is 9. The van der Waals surface area contributed by atoms with Gasteiger partial charge in [0.05, 0.1) is 6.04 Å². The van der Waals surface area contributed by atoms with E-state index in [9.17, 15) is 9.59 Å². The van der Waals surface area contributed by atoms with Crippen LogP contribution < -0.4 is 5.32 Å². The van der Waals surface area contributed by atoms with Gasteiger partial charge in [-0.15, -0.1) is 0 Å². The largest absolute Gasteiger partial charge is 0.339 e. The third-order valence-corrected chi connectivity index (χ3v) is 6.16. The normalized spacial score (nSPS) is 11.7. The number of nitrogens with one attached hydrogen (secondary N) is 1. The number of amides is 2. The van der Waals surface area contributed by atoms with Crippen LogP contribution >= 0.6 is 11.3 Å². The molecule has 0 aliphatic heterocycles. The van der Waals surface area contributed by atoms with E-state index < -0.39 is 0 Å². The first-order valence-electron chi connectivity index (χ1n) is 11.1. The molecule has 0 radical (unpaired) electrons. The lowest BCUT2D eigenvalue weighted by atomic mass is 10.0. The number of aryl methyl sites for hydroxylation is 1. The molecule has 2 aromatic carbocycles. The first-order chi connectivity index (χ1) is 16.5. The quantitative estimate of drug-likeness (QED) is 0.347. The van der Waals surface area contributed by atoms with E-state index in [0.717, 1.165) is 16.7 Å². The number of benzene rings is 2. The van der Waals surface area contributed by atoms with E-state index in [1.54, 1.807) is 11.3 Å². The molecule has 0 spiro atoms. The first kappa shape index (κ1) is 23.4. The van der Waals surface area contributed by atoms with Crippen molar-refractivity contribution >= 4 is 28.8 Å². The molecule has 0 aliphatic rings. The van der Waals surface area contributed by atoms with Crippen molar-refractivity contribution in [3.8, 4) is 11.4 Å². The third kappa shape index (κ3) is 5.96. The van der Waals surface area contributed by atoms with Gasteiger partial charge >= 0.3 is 0 Å². The van der Waals surface area contributed by atoms with Gasteiger partial charge in [0.1, 0.15) is 0 Å². The number of carbonyl (C=O) groups excluding carboxylic acids is 2. The topological polar surface area (TPSA) is 88.3 Å². The van der Waals surface area contributed by atoms with Crippen molar-refractivity contribution in [2.75, 3.05) is 5.32 Å². The predicted octanol–water partition coefficient (Wildman–Crippen LogP) is 5.48. The zero-order valence-electron chi connectivity index (χ0n) is 19.1. The van der Waals surface area contributed by atoms with Crippen LogP contribution in [-0.4, -0.2) is 26.9 Å². The molecular formula is C26H26N4O3S. The Labute approximate surface area is 202 Å². The lowest BCUT2D eigenvalue weighted by Gasteiger charge is -2.30. The fraction of sp³-hybridized carbons (Fsp3) is 0.231. The third-order valence-electron chi connectivity index (χ3n) is 5.47. The number of hydrogen-bond donors (Lipinski definition) is 1. The van der Waals surface area contributed by atoms with E-state index >= 15 is 0 Å². The van der Waals surface area contributed by atoms with Crippen LogP contribution in [0.3, 0.4) is 0 Å². The maximum atomic E-state index is 13.4. The number of thiophene rings is 1. The monoisotopic (exact) mass is 474 g/mol. The molecule has 1 unspecified atom stereocenters. The van der Waals surface area contributed by atoms with Crippen molar-refractivity contribution in [2.24, 2.45) is 0 Å². The van der Waals surface area contributed by atoms with Gasteiger partial charge in [-0.2, -0.15) is 16.3 Å². The fourth-order valence-electron chi connectivity index (χ4n) is 3.70. The average Bonchev–Trinajstić information content (AvgIpc) is 3.53. The van der Waals surface area contributed by atoms with E-state index in [1.165, 1.54) is 6.92 Å². The molecule has 1 atom stereocenters. The summed E-state index contributed by atoms with van der Waals surface area (Å²) in [4.78, 5) is 31.2. The van der Waals surface area contributed by atoms with Crippen molar-refractivity contribution in [2.45, 2.75) is 39.3 Å². The Morgan fingerprint density at radius 3 is 2.68 bits per heavy atom. The highest BCUT2D eigenvalue weighted by molar-refractivity contribution is 7.08. The van der Waals surface area contributed by atoms with Crippen LogP contribution in [0.2, 0.25) is 0 Å². The Morgan fingerprint density at radius 1 is 1.12 bits per heavy atom. The number of nitrogens with zero attached hydrogens (tertiary/aromatic N) is 3. The Hall–Kier alpha value is -3.78. The zero-order valence-corrected chi connectivity index (χ0v) is 19.9. The lowest BCUT2D eigenvalue weighted by Crippen LogP contribution is -2.33. The molecule has 0 fully saturated rings. The average molecular weight is 475 g/mol. The second kappa shape index (κ2) is 10.9. The van der Waals surface area contributed by atoms with E-state index in [1.807, 2.05) is 83.2 Å². The van der Waals surface area contributed by atoms with Crippen LogP contribution in [0.15, 0.2) is 75.9 Å². The van der Waals surface area contributed by atoms with Crippen molar-refractivity contribution in [1.82, 2.24) is 15.0 Å². The molecule has 4 rings (SSSR count). The molecule has 2 heterocycles. The van der Waals surface area contributed by atoms with Crippen LogP contribution in [0.1, 0.15) is 43.3 Å². The van der Waals surface area contributed by atoms with Crippen LogP contribution in [-0.2, 0) is 22.6 Å². The summed E-state index contributed by atoms with van der Waals surface area (Å²) in [6.07, 6.45) is 0.605. The minimum absolute atomic E-state index is 0.0171. The summed E-state index contributed by atoms with van der Waals surface area (Å²) in [5.41, 5.74) is 3.59. The molecule has 4 aromatic rings. The summed E-state index contributed by atoms with van der Waals surface area (Å²) in [6.45, 7) is 3.94. The molecule has 2 aromatic heterocycles. The molecule has 1 N–H and O–H groups in total. The summed E-state index contributed by atoms with van der Waals surface area (Å²) < 4.78 is 5.37. The molecule has 8 heteroatoms. The van der Waals surface area contributed by atoms with Crippen LogP contribution in [0.5, 0.6) is 0 Å². The maximum absolute atomic E-state index is 13.4. The van der Waals surface area contributed by atoms with Crippen molar-refractivity contribution < 1.29 is 14.1 Å². The highest BCUT2D eigenvalue weighted by atomic mass is 32.1. The lowest BCUT2D eigenvalue weighted by molar-refractivity contribution is -0.134. The summed E-state index contributed by atoms with van der Waals surface area (Å²) >= 11 is 1.57.